The van der Waals surface area contributed by atoms with E-state index >= 15 is 0 Å². The smallest absolute Gasteiger partial charge is 0.394 e. The van der Waals surface area contributed by atoms with Gasteiger partial charge in [-0.3, -0.25) is 19.3 Å². The lowest BCUT2D eigenvalue weighted by Gasteiger charge is -2.24. The summed E-state index contributed by atoms with van der Waals surface area (Å²) in [7, 11) is -4.67. The first-order chi connectivity index (χ1) is 11.2. The normalized spacial score (nSPS) is 11.5. The summed E-state index contributed by atoms with van der Waals surface area (Å²) < 4.78 is 31.6. The third-order valence-electron chi connectivity index (χ3n) is 3.58. The number of carbonyl (C=O) groups excluding carboxylic acids is 1. The first kappa shape index (κ1) is 23.3. The number of nitrogens with one attached hydrogen (secondary N) is 1. The molecular formula is C16H28N2O6S. The van der Waals surface area contributed by atoms with Gasteiger partial charge in [0.25, 0.3) is 5.91 Å². The van der Waals surface area contributed by atoms with Gasteiger partial charge in [0.05, 0.1) is 5.56 Å². The van der Waals surface area contributed by atoms with Gasteiger partial charge in [-0.15, -0.1) is 0 Å². The van der Waals surface area contributed by atoms with Gasteiger partial charge in [0.15, 0.2) is 0 Å². The minimum absolute atomic E-state index is 0.0519. The molecule has 6 N–H and O–H groups in total. The third-order valence-corrected chi connectivity index (χ3v) is 3.58. The number of carbonyl (C=O) groups is 1. The van der Waals surface area contributed by atoms with E-state index in [2.05, 4.69) is 19.3 Å². The maximum absolute atomic E-state index is 12.1. The zero-order valence-corrected chi connectivity index (χ0v) is 16.2. The molecule has 0 bridgehead atoms. The molecule has 8 nitrogen and oxygen atoms in total. The Morgan fingerprint density at radius 1 is 1.00 bits per heavy atom. The Morgan fingerprint density at radius 2 is 1.40 bits per heavy atom. The summed E-state index contributed by atoms with van der Waals surface area (Å²) in [5, 5.41) is 10.5. The second-order valence-corrected chi connectivity index (χ2v) is 7.47. The van der Waals surface area contributed by atoms with E-state index in [-0.39, 0.29) is 23.5 Å². The Bertz CT molecular complexity index is 704. The number of nitrogens with two attached hydrogens (primary N) is 1. The van der Waals surface area contributed by atoms with Crippen LogP contribution in [-0.4, -0.2) is 28.5 Å². The number of hydrazine groups is 1. The van der Waals surface area contributed by atoms with E-state index in [0.717, 1.165) is 16.7 Å². The Hall–Kier alpha value is -1.68. The van der Waals surface area contributed by atoms with E-state index < -0.39 is 16.3 Å². The van der Waals surface area contributed by atoms with E-state index in [4.69, 9.17) is 23.4 Å². The van der Waals surface area contributed by atoms with Gasteiger partial charge in [0, 0.05) is 0 Å². The van der Waals surface area contributed by atoms with Gasteiger partial charge in [-0.05, 0) is 34.4 Å². The molecule has 0 radical (unpaired) electrons. The fraction of sp³-hybridized carbons (Fsp3) is 0.562. The number of aromatic hydroxyl groups is 1. The summed E-state index contributed by atoms with van der Waals surface area (Å²) in [6, 6.07) is 2.02. The summed E-state index contributed by atoms with van der Waals surface area (Å²) in [5.41, 5.74) is 5.23. The summed E-state index contributed by atoms with van der Waals surface area (Å²) >= 11 is 0. The van der Waals surface area contributed by atoms with E-state index in [1.807, 2.05) is 33.8 Å². The standard InChI is InChI=1S/C16H26N2O2.H2O4S/c1-8(2)11-7-12(9(3)4)15(19)14(16(20)18-17)13(11)10(5)6;1-5(2,3)4/h7-10,19H,17H2,1-6H3,(H,18,20);(H2,1,2,3,4). The lowest BCUT2D eigenvalue weighted by molar-refractivity contribution is 0.0949. The van der Waals surface area contributed by atoms with E-state index in [1.54, 1.807) is 0 Å². The molecule has 0 aromatic heterocycles. The molecule has 0 aliphatic carbocycles. The van der Waals surface area contributed by atoms with Crippen LogP contribution in [0, 0.1) is 0 Å². The molecule has 0 aliphatic rings. The number of benzene rings is 1. The van der Waals surface area contributed by atoms with Gasteiger partial charge in [-0.25, -0.2) is 5.84 Å². The molecular weight excluding hydrogens is 348 g/mol. The molecule has 0 fully saturated rings. The molecule has 0 saturated heterocycles. The number of phenols is 1. The molecule has 1 rings (SSSR count). The van der Waals surface area contributed by atoms with Crippen LogP contribution < -0.4 is 11.3 Å². The zero-order chi connectivity index (χ0) is 20.1. The van der Waals surface area contributed by atoms with Crippen LogP contribution in [0.5, 0.6) is 5.75 Å². The molecule has 9 heteroatoms. The van der Waals surface area contributed by atoms with Crippen molar-refractivity contribution < 1.29 is 27.4 Å². The molecule has 1 aromatic carbocycles. The fourth-order valence-electron chi connectivity index (χ4n) is 2.57. The van der Waals surface area contributed by atoms with E-state index in [1.165, 1.54) is 0 Å². The second-order valence-electron chi connectivity index (χ2n) is 6.58. The van der Waals surface area contributed by atoms with E-state index in [0.29, 0.717) is 5.56 Å². The summed E-state index contributed by atoms with van der Waals surface area (Å²) in [6.07, 6.45) is 0. The fourth-order valence-corrected chi connectivity index (χ4v) is 2.57. The van der Waals surface area contributed by atoms with Crippen LogP contribution in [-0.2, 0) is 10.4 Å². The minimum Gasteiger partial charge on any atom is -0.507 e. The predicted molar refractivity (Wildman–Crippen MR) is 96.2 cm³/mol. The Balaban J connectivity index is 0.00000101. The van der Waals surface area contributed by atoms with Crippen LogP contribution in [0.3, 0.4) is 0 Å². The molecule has 0 saturated carbocycles. The first-order valence-electron chi connectivity index (χ1n) is 7.82. The van der Waals surface area contributed by atoms with Gasteiger partial charge in [-0.1, -0.05) is 47.6 Å². The molecule has 0 atom stereocenters. The SMILES string of the molecule is CC(C)c1cc(C(C)C)c(C(C)C)c(C(=O)NN)c1O.O=S(=O)(O)O. The highest BCUT2D eigenvalue weighted by molar-refractivity contribution is 7.79. The predicted octanol–water partition coefficient (Wildman–Crippen LogP) is 2.71. The van der Waals surface area contributed by atoms with Crippen LogP contribution in [0.1, 0.15) is 86.3 Å². The van der Waals surface area contributed by atoms with E-state index in [9.17, 15) is 9.90 Å². The summed E-state index contributed by atoms with van der Waals surface area (Å²) in [5.74, 6) is 5.44. The molecule has 1 aromatic rings. The van der Waals surface area contributed by atoms with Crippen LogP contribution in [0.25, 0.3) is 0 Å². The van der Waals surface area contributed by atoms with Crippen molar-refractivity contribution >= 4 is 16.3 Å². The van der Waals surface area contributed by atoms with Gasteiger partial charge >= 0.3 is 10.4 Å². The van der Waals surface area contributed by atoms with Gasteiger partial charge < -0.3 is 5.11 Å². The lowest BCUT2D eigenvalue weighted by atomic mass is 9.82. The van der Waals surface area contributed by atoms with Gasteiger partial charge in [-0.2, -0.15) is 8.42 Å². The van der Waals surface area contributed by atoms with Crippen molar-refractivity contribution in [2.75, 3.05) is 0 Å². The number of hydrogen-bond donors (Lipinski definition) is 5. The highest BCUT2D eigenvalue weighted by atomic mass is 32.3. The molecule has 0 aliphatic heterocycles. The second kappa shape index (κ2) is 9.14. The number of rotatable bonds is 4. The maximum Gasteiger partial charge on any atom is 0.394 e. The van der Waals surface area contributed by atoms with Crippen molar-refractivity contribution in [1.82, 2.24) is 5.43 Å². The van der Waals surface area contributed by atoms with Crippen LogP contribution in [0.2, 0.25) is 0 Å². The largest absolute Gasteiger partial charge is 0.507 e. The topological polar surface area (TPSA) is 150 Å². The number of nitrogen functional groups attached to an aromatic ring is 1. The van der Waals surface area contributed by atoms with Crippen LogP contribution in [0.15, 0.2) is 6.07 Å². The average molecular weight is 376 g/mol. The van der Waals surface area contributed by atoms with Gasteiger partial charge in [0.1, 0.15) is 5.75 Å². The van der Waals surface area contributed by atoms with Crippen LogP contribution >= 0.6 is 0 Å². The molecule has 0 unspecified atom stereocenters. The molecule has 0 heterocycles. The van der Waals surface area contributed by atoms with Crippen LogP contribution in [0.4, 0.5) is 0 Å². The molecule has 0 spiro atoms. The van der Waals surface area contributed by atoms with Gasteiger partial charge in [0.2, 0.25) is 0 Å². The highest BCUT2D eigenvalue weighted by Gasteiger charge is 2.26. The zero-order valence-electron chi connectivity index (χ0n) is 15.4. The number of phenolic OH excluding ortho intramolecular Hbond substituents is 1. The molecule has 25 heavy (non-hydrogen) atoms. The summed E-state index contributed by atoms with van der Waals surface area (Å²) in [4.78, 5) is 12.1. The van der Waals surface area contributed by atoms with Crippen molar-refractivity contribution in [3.05, 3.63) is 28.3 Å². The quantitative estimate of drug-likeness (QED) is 0.235. The lowest BCUT2D eigenvalue weighted by Crippen LogP contribution is -2.31. The first-order valence-corrected chi connectivity index (χ1v) is 9.22. The third kappa shape index (κ3) is 6.99. The number of amides is 1. The van der Waals surface area contributed by atoms with Crippen molar-refractivity contribution in [3.8, 4) is 5.75 Å². The van der Waals surface area contributed by atoms with Crippen molar-refractivity contribution in [2.45, 2.75) is 59.3 Å². The molecule has 144 valence electrons. The monoisotopic (exact) mass is 376 g/mol. The van der Waals surface area contributed by atoms with Crippen molar-refractivity contribution in [3.63, 3.8) is 0 Å². The maximum atomic E-state index is 12.1. The number of hydrogen-bond acceptors (Lipinski definition) is 5. The highest BCUT2D eigenvalue weighted by Crippen LogP contribution is 2.39. The summed E-state index contributed by atoms with van der Waals surface area (Å²) in [6.45, 7) is 12.2. The Kier molecular flexibility index (Phi) is 8.52. The van der Waals surface area contributed by atoms with Crippen molar-refractivity contribution in [1.29, 1.82) is 0 Å². The van der Waals surface area contributed by atoms with Crippen molar-refractivity contribution in [2.24, 2.45) is 5.84 Å². The Labute approximate surface area is 149 Å². The average Bonchev–Trinajstić information content (AvgIpc) is 2.43. The molecule has 1 amide bonds. The Morgan fingerprint density at radius 3 is 1.68 bits per heavy atom. The minimum atomic E-state index is -4.67.